The summed E-state index contributed by atoms with van der Waals surface area (Å²) in [6.45, 7) is 3.03. The average molecular weight is 245 g/mol. The monoisotopic (exact) mass is 245 g/mol. The third-order valence-corrected chi connectivity index (χ3v) is 2.97. The van der Waals surface area contributed by atoms with Crippen LogP contribution in [0.2, 0.25) is 0 Å². The molecular formula is C13H15N3O2. The van der Waals surface area contributed by atoms with Crippen LogP contribution in [0.5, 0.6) is 0 Å². The normalized spacial score (nSPS) is 27.5. The Kier molecular flexibility index (Phi) is 2.85. The van der Waals surface area contributed by atoms with E-state index >= 15 is 0 Å². The fraction of sp³-hybridized carbons (Fsp3) is 0.385. The van der Waals surface area contributed by atoms with Crippen LogP contribution in [0.15, 0.2) is 42.7 Å². The Morgan fingerprint density at radius 2 is 2.00 bits per heavy atom. The standard InChI is InChI=1S/C13H15N3O2/c1-11-9-17-13(18-11,10-16-14-7-8-15-16)12-5-3-2-4-6-12/h2-8,11H,9-10H2,1H3/t11-,13-/m1/s1. The van der Waals surface area contributed by atoms with Gasteiger partial charge in [-0.2, -0.15) is 15.0 Å². The summed E-state index contributed by atoms with van der Waals surface area (Å²) < 4.78 is 11.9. The van der Waals surface area contributed by atoms with Crippen molar-refractivity contribution >= 4 is 0 Å². The maximum Gasteiger partial charge on any atom is 0.217 e. The molecule has 0 spiro atoms. The Morgan fingerprint density at radius 3 is 2.61 bits per heavy atom. The first kappa shape index (κ1) is 11.4. The highest BCUT2D eigenvalue weighted by atomic mass is 16.7. The largest absolute Gasteiger partial charge is 0.342 e. The number of ether oxygens (including phenoxy) is 2. The van der Waals surface area contributed by atoms with Crippen molar-refractivity contribution in [3.8, 4) is 0 Å². The predicted molar refractivity (Wildman–Crippen MR) is 64.6 cm³/mol. The molecule has 1 aromatic carbocycles. The lowest BCUT2D eigenvalue weighted by Gasteiger charge is -2.27. The second kappa shape index (κ2) is 4.51. The van der Waals surface area contributed by atoms with E-state index in [4.69, 9.17) is 9.47 Å². The van der Waals surface area contributed by atoms with Gasteiger partial charge in [0.25, 0.3) is 0 Å². The molecule has 1 aliphatic heterocycles. The topological polar surface area (TPSA) is 49.2 Å². The summed E-state index contributed by atoms with van der Waals surface area (Å²) in [5.74, 6) is -0.778. The van der Waals surface area contributed by atoms with Crippen molar-refractivity contribution in [3.05, 3.63) is 48.3 Å². The molecule has 1 saturated heterocycles. The summed E-state index contributed by atoms with van der Waals surface area (Å²) in [5, 5.41) is 8.24. The average Bonchev–Trinajstić information content (AvgIpc) is 3.02. The minimum atomic E-state index is -0.778. The van der Waals surface area contributed by atoms with Gasteiger partial charge in [-0.25, -0.2) is 0 Å². The van der Waals surface area contributed by atoms with Crippen LogP contribution in [0.1, 0.15) is 12.5 Å². The van der Waals surface area contributed by atoms with Gasteiger partial charge in [-0.3, -0.25) is 0 Å². The highest BCUT2D eigenvalue weighted by Crippen LogP contribution is 2.35. The molecule has 2 heterocycles. The summed E-state index contributed by atoms with van der Waals surface area (Å²) in [6.07, 6.45) is 3.37. The number of hydrogen-bond acceptors (Lipinski definition) is 4. The van der Waals surface area contributed by atoms with Crippen LogP contribution in [0.4, 0.5) is 0 Å². The van der Waals surface area contributed by atoms with Gasteiger partial charge in [0.15, 0.2) is 0 Å². The Hall–Kier alpha value is -1.72. The quantitative estimate of drug-likeness (QED) is 0.823. The zero-order valence-electron chi connectivity index (χ0n) is 10.2. The second-order valence-electron chi connectivity index (χ2n) is 4.42. The molecule has 94 valence electrons. The number of rotatable bonds is 3. The number of hydrogen-bond donors (Lipinski definition) is 0. The number of benzene rings is 1. The highest BCUT2D eigenvalue weighted by Gasteiger charge is 2.42. The fourth-order valence-corrected chi connectivity index (χ4v) is 2.17. The lowest BCUT2D eigenvalue weighted by Crippen LogP contribution is -2.34. The first-order chi connectivity index (χ1) is 8.78. The minimum absolute atomic E-state index is 0.0702. The second-order valence-corrected chi connectivity index (χ2v) is 4.42. The maximum atomic E-state index is 5.99. The van der Waals surface area contributed by atoms with E-state index in [1.165, 1.54) is 0 Å². The molecule has 0 bridgehead atoms. The van der Waals surface area contributed by atoms with Gasteiger partial charge >= 0.3 is 0 Å². The number of nitrogens with zero attached hydrogens (tertiary/aromatic N) is 3. The van der Waals surface area contributed by atoms with E-state index in [0.29, 0.717) is 13.2 Å². The van der Waals surface area contributed by atoms with Crippen LogP contribution in [0, 0.1) is 0 Å². The molecule has 0 saturated carbocycles. The first-order valence-corrected chi connectivity index (χ1v) is 6.00. The SMILES string of the molecule is C[C@@H]1CO[C@@](Cn2nccn2)(c2ccccc2)O1. The van der Waals surface area contributed by atoms with E-state index in [2.05, 4.69) is 10.2 Å². The third kappa shape index (κ3) is 2.02. The van der Waals surface area contributed by atoms with Gasteiger partial charge in [-0.1, -0.05) is 30.3 Å². The maximum absolute atomic E-state index is 5.99. The molecule has 2 aromatic rings. The molecule has 1 aliphatic rings. The van der Waals surface area contributed by atoms with Gasteiger partial charge in [0, 0.05) is 5.56 Å². The minimum Gasteiger partial charge on any atom is -0.342 e. The summed E-state index contributed by atoms with van der Waals surface area (Å²) in [7, 11) is 0. The van der Waals surface area contributed by atoms with Crippen LogP contribution in [-0.4, -0.2) is 27.7 Å². The molecule has 0 N–H and O–H groups in total. The molecule has 1 aromatic heterocycles. The Labute approximate surface area is 105 Å². The highest BCUT2D eigenvalue weighted by molar-refractivity contribution is 5.21. The molecule has 1 fully saturated rings. The zero-order valence-corrected chi connectivity index (χ0v) is 10.2. The molecule has 3 rings (SSSR count). The van der Waals surface area contributed by atoms with Crippen molar-refractivity contribution < 1.29 is 9.47 Å². The van der Waals surface area contributed by atoms with E-state index < -0.39 is 5.79 Å². The van der Waals surface area contributed by atoms with Gasteiger partial charge < -0.3 is 9.47 Å². The van der Waals surface area contributed by atoms with Crippen molar-refractivity contribution in [2.75, 3.05) is 6.61 Å². The van der Waals surface area contributed by atoms with E-state index in [9.17, 15) is 0 Å². The van der Waals surface area contributed by atoms with Crippen LogP contribution in [0.3, 0.4) is 0 Å². The summed E-state index contributed by atoms with van der Waals surface area (Å²) in [6, 6.07) is 9.93. The van der Waals surface area contributed by atoms with Gasteiger partial charge in [0.05, 0.1) is 25.1 Å². The smallest absolute Gasteiger partial charge is 0.217 e. The van der Waals surface area contributed by atoms with Crippen LogP contribution in [-0.2, 0) is 21.8 Å². The fourth-order valence-electron chi connectivity index (χ4n) is 2.17. The van der Waals surface area contributed by atoms with Crippen molar-refractivity contribution in [1.82, 2.24) is 15.0 Å². The van der Waals surface area contributed by atoms with Gasteiger partial charge in [-0.05, 0) is 6.92 Å². The molecular weight excluding hydrogens is 230 g/mol. The van der Waals surface area contributed by atoms with Crippen LogP contribution >= 0.6 is 0 Å². The van der Waals surface area contributed by atoms with Gasteiger partial charge in [0.2, 0.25) is 5.79 Å². The lowest BCUT2D eigenvalue weighted by molar-refractivity contribution is -0.188. The van der Waals surface area contributed by atoms with E-state index in [0.717, 1.165) is 5.56 Å². The van der Waals surface area contributed by atoms with Crippen molar-refractivity contribution in [2.24, 2.45) is 0 Å². The van der Waals surface area contributed by atoms with Crippen molar-refractivity contribution in [3.63, 3.8) is 0 Å². The Bertz CT molecular complexity index is 500. The molecule has 18 heavy (non-hydrogen) atoms. The molecule has 0 amide bonds. The molecule has 5 nitrogen and oxygen atoms in total. The van der Waals surface area contributed by atoms with Gasteiger partial charge in [-0.15, -0.1) is 0 Å². The summed E-state index contributed by atoms with van der Waals surface area (Å²) in [4.78, 5) is 1.59. The van der Waals surface area contributed by atoms with E-state index in [1.54, 1.807) is 17.2 Å². The number of aromatic nitrogens is 3. The van der Waals surface area contributed by atoms with Crippen LogP contribution in [0.25, 0.3) is 0 Å². The molecule has 0 aliphatic carbocycles. The first-order valence-electron chi connectivity index (χ1n) is 6.00. The molecule has 0 unspecified atom stereocenters. The molecule has 0 radical (unpaired) electrons. The lowest BCUT2D eigenvalue weighted by atomic mass is 10.1. The van der Waals surface area contributed by atoms with Crippen molar-refractivity contribution in [1.29, 1.82) is 0 Å². The van der Waals surface area contributed by atoms with E-state index in [-0.39, 0.29) is 6.10 Å². The molecule has 2 atom stereocenters. The summed E-state index contributed by atoms with van der Waals surface area (Å²) in [5.41, 5.74) is 0.992. The van der Waals surface area contributed by atoms with Crippen LogP contribution < -0.4 is 0 Å². The molecule has 5 heteroatoms. The predicted octanol–water partition coefficient (Wildman–Crippen LogP) is 1.57. The Balaban J connectivity index is 1.94. The Morgan fingerprint density at radius 1 is 1.28 bits per heavy atom. The van der Waals surface area contributed by atoms with E-state index in [1.807, 2.05) is 37.3 Å². The zero-order chi connectivity index (χ0) is 12.4. The van der Waals surface area contributed by atoms with Crippen molar-refractivity contribution in [2.45, 2.75) is 25.4 Å². The summed E-state index contributed by atoms with van der Waals surface area (Å²) >= 11 is 0. The van der Waals surface area contributed by atoms with Gasteiger partial charge in [0.1, 0.15) is 6.54 Å². The third-order valence-electron chi connectivity index (χ3n) is 2.97.